The Morgan fingerprint density at radius 2 is 1.95 bits per heavy atom. The molecule has 5 nitrogen and oxygen atoms in total. The number of carbonyl (C=O) groups excluding carboxylic acids is 1. The maximum Gasteiger partial charge on any atom is 0.319 e. The second kappa shape index (κ2) is 5.94. The first-order valence-corrected chi connectivity index (χ1v) is 7.57. The molecule has 5 heteroatoms. The van der Waals surface area contributed by atoms with Gasteiger partial charge in [0.2, 0.25) is 0 Å². The zero-order chi connectivity index (χ0) is 14.8. The zero-order valence-corrected chi connectivity index (χ0v) is 13.0. The van der Waals surface area contributed by atoms with Crippen molar-refractivity contribution >= 4 is 5.97 Å². The van der Waals surface area contributed by atoms with Crippen molar-refractivity contribution in [1.29, 1.82) is 0 Å². The summed E-state index contributed by atoms with van der Waals surface area (Å²) >= 11 is 0. The number of carbonyl (C=O) groups is 1. The fraction of sp³-hybridized carbons (Fsp3) is 0.800. The van der Waals surface area contributed by atoms with Crippen LogP contribution in [0, 0.1) is 6.92 Å². The maximum absolute atomic E-state index is 12.2. The molecule has 1 fully saturated rings. The maximum atomic E-state index is 12.2. The number of nitrogens with zero attached hydrogens (tertiary/aromatic N) is 3. The summed E-state index contributed by atoms with van der Waals surface area (Å²) in [4.78, 5) is 12.2. The molecule has 0 unspecified atom stereocenters. The minimum atomic E-state index is -0.755. The average Bonchev–Trinajstić information content (AvgIpc) is 2.82. The lowest BCUT2D eigenvalue weighted by molar-refractivity contribution is -0.149. The molecule has 0 atom stereocenters. The summed E-state index contributed by atoms with van der Waals surface area (Å²) in [5, 5.41) is 8.48. The first-order valence-electron chi connectivity index (χ1n) is 7.57. The summed E-state index contributed by atoms with van der Waals surface area (Å²) in [5.74, 6) is 1.40. The highest BCUT2D eigenvalue weighted by atomic mass is 16.5. The highest BCUT2D eigenvalue weighted by Gasteiger charge is 2.38. The SMILES string of the molecule is CCOC(=O)C(C)(C)c1nnc(C)n1C1CCCCC1. The molecule has 0 N–H and O–H groups in total. The molecule has 0 aromatic carbocycles. The summed E-state index contributed by atoms with van der Waals surface area (Å²) in [5.41, 5.74) is -0.755. The van der Waals surface area contributed by atoms with Gasteiger partial charge in [-0.2, -0.15) is 0 Å². The van der Waals surface area contributed by atoms with Gasteiger partial charge in [0.15, 0.2) is 0 Å². The van der Waals surface area contributed by atoms with Crippen LogP contribution in [0.25, 0.3) is 0 Å². The van der Waals surface area contributed by atoms with Gasteiger partial charge in [-0.25, -0.2) is 0 Å². The number of hydrogen-bond donors (Lipinski definition) is 0. The molecule has 1 aromatic heterocycles. The van der Waals surface area contributed by atoms with Crippen molar-refractivity contribution in [1.82, 2.24) is 14.8 Å². The monoisotopic (exact) mass is 279 g/mol. The molecule has 0 radical (unpaired) electrons. The molecule has 20 heavy (non-hydrogen) atoms. The van der Waals surface area contributed by atoms with Crippen molar-refractivity contribution in [3.8, 4) is 0 Å². The lowest BCUT2D eigenvalue weighted by Gasteiger charge is -2.29. The Labute approximate surface area is 120 Å². The Balaban J connectivity index is 2.34. The van der Waals surface area contributed by atoms with Crippen LogP contribution < -0.4 is 0 Å². The summed E-state index contributed by atoms with van der Waals surface area (Å²) in [6.07, 6.45) is 6.06. The van der Waals surface area contributed by atoms with E-state index in [0.29, 0.717) is 12.6 Å². The second-order valence-corrected chi connectivity index (χ2v) is 6.08. The van der Waals surface area contributed by atoms with E-state index in [1.165, 1.54) is 19.3 Å². The summed E-state index contributed by atoms with van der Waals surface area (Å²) in [6, 6.07) is 0.419. The van der Waals surface area contributed by atoms with Crippen molar-refractivity contribution < 1.29 is 9.53 Å². The third-order valence-electron chi connectivity index (χ3n) is 4.15. The Bertz CT molecular complexity index is 473. The van der Waals surface area contributed by atoms with Crippen LogP contribution in [0.15, 0.2) is 0 Å². The largest absolute Gasteiger partial charge is 0.465 e. The van der Waals surface area contributed by atoms with Gasteiger partial charge in [0, 0.05) is 6.04 Å². The van der Waals surface area contributed by atoms with Gasteiger partial charge in [-0.1, -0.05) is 19.3 Å². The predicted octanol–water partition coefficient (Wildman–Crippen LogP) is 2.93. The highest BCUT2D eigenvalue weighted by Crippen LogP contribution is 2.33. The van der Waals surface area contributed by atoms with Gasteiger partial charge in [-0.05, 0) is 40.5 Å². The van der Waals surface area contributed by atoms with Crippen LogP contribution in [0.4, 0.5) is 0 Å². The normalized spacial score (nSPS) is 17.2. The van der Waals surface area contributed by atoms with Gasteiger partial charge in [0.05, 0.1) is 6.61 Å². The second-order valence-electron chi connectivity index (χ2n) is 6.08. The van der Waals surface area contributed by atoms with Crippen LogP contribution in [-0.2, 0) is 14.9 Å². The quantitative estimate of drug-likeness (QED) is 0.795. The Kier molecular flexibility index (Phi) is 4.45. The summed E-state index contributed by atoms with van der Waals surface area (Å²) in [7, 11) is 0. The van der Waals surface area contributed by atoms with Crippen LogP contribution in [0.2, 0.25) is 0 Å². The van der Waals surface area contributed by atoms with Crippen molar-refractivity contribution in [3.63, 3.8) is 0 Å². The molecule has 2 rings (SSSR count). The minimum Gasteiger partial charge on any atom is -0.465 e. The molecule has 1 saturated carbocycles. The molecule has 0 amide bonds. The van der Waals surface area contributed by atoms with E-state index in [1.54, 1.807) is 0 Å². The lowest BCUT2D eigenvalue weighted by atomic mass is 9.90. The van der Waals surface area contributed by atoms with Crippen molar-refractivity contribution in [2.24, 2.45) is 0 Å². The lowest BCUT2D eigenvalue weighted by Crippen LogP contribution is -2.35. The molecule has 1 aliphatic carbocycles. The third kappa shape index (κ3) is 2.72. The van der Waals surface area contributed by atoms with Crippen molar-refractivity contribution in [2.45, 2.75) is 71.3 Å². The Morgan fingerprint density at radius 3 is 2.55 bits per heavy atom. The molecule has 1 aromatic rings. The van der Waals surface area contributed by atoms with Crippen LogP contribution in [0.5, 0.6) is 0 Å². The molecule has 0 saturated heterocycles. The predicted molar refractivity (Wildman–Crippen MR) is 76.5 cm³/mol. The molecular weight excluding hydrogens is 254 g/mol. The van der Waals surface area contributed by atoms with Gasteiger partial charge >= 0.3 is 5.97 Å². The first kappa shape index (κ1) is 15.0. The molecule has 0 aliphatic heterocycles. The van der Waals surface area contributed by atoms with Crippen LogP contribution in [-0.4, -0.2) is 27.3 Å². The molecular formula is C15H25N3O2. The van der Waals surface area contributed by atoms with Gasteiger partial charge in [-0.15, -0.1) is 10.2 Å². The molecule has 0 bridgehead atoms. The van der Waals surface area contributed by atoms with Gasteiger partial charge in [0.1, 0.15) is 17.1 Å². The zero-order valence-electron chi connectivity index (χ0n) is 13.0. The topological polar surface area (TPSA) is 57.0 Å². The van der Waals surface area contributed by atoms with Gasteiger partial charge in [0.25, 0.3) is 0 Å². The molecule has 112 valence electrons. The van der Waals surface area contributed by atoms with E-state index in [1.807, 2.05) is 27.7 Å². The van der Waals surface area contributed by atoms with E-state index >= 15 is 0 Å². The Hall–Kier alpha value is -1.39. The van der Waals surface area contributed by atoms with E-state index in [9.17, 15) is 4.79 Å². The van der Waals surface area contributed by atoms with Crippen LogP contribution in [0.1, 0.15) is 70.6 Å². The number of aryl methyl sites for hydroxylation is 1. The van der Waals surface area contributed by atoms with Gasteiger partial charge < -0.3 is 9.30 Å². The third-order valence-corrected chi connectivity index (χ3v) is 4.15. The standard InChI is InChI=1S/C15H25N3O2/c1-5-20-14(19)15(3,4)13-17-16-11(2)18(13)12-9-7-6-8-10-12/h12H,5-10H2,1-4H3. The van der Waals surface area contributed by atoms with Crippen molar-refractivity contribution in [3.05, 3.63) is 11.6 Å². The fourth-order valence-electron chi connectivity index (χ4n) is 2.97. The number of rotatable bonds is 4. The molecule has 1 aliphatic rings. The van der Waals surface area contributed by atoms with E-state index in [2.05, 4.69) is 14.8 Å². The molecule has 0 spiro atoms. The number of aromatic nitrogens is 3. The summed E-state index contributed by atoms with van der Waals surface area (Å²) < 4.78 is 7.36. The van der Waals surface area contributed by atoms with E-state index in [-0.39, 0.29) is 5.97 Å². The number of ether oxygens (including phenoxy) is 1. The van der Waals surface area contributed by atoms with E-state index in [4.69, 9.17) is 4.74 Å². The summed E-state index contributed by atoms with van der Waals surface area (Å²) in [6.45, 7) is 7.91. The molecule has 1 heterocycles. The van der Waals surface area contributed by atoms with E-state index in [0.717, 1.165) is 24.5 Å². The fourth-order valence-corrected chi connectivity index (χ4v) is 2.97. The minimum absolute atomic E-state index is 0.232. The highest BCUT2D eigenvalue weighted by molar-refractivity contribution is 5.81. The van der Waals surface area contributed by atoms with Crippen LogP contribution >= 0.6 is 0 Å². The van der Waals surface area contributed by atoms with Crippen molar-refractivity contribution in [2.75, 3.05) is 6.61 Å². The van der Waals surface area contributed by atoms with Gasteiger partial charge in [-0.3, -0.25) is 4.79 Å². The number of esters is 1. The number of hydrogen-bond acceptors (Lipinski definition) is 4. The van der Waals surface area contributed by atoms with Crippen LogP contribution in [0.3, 0.4) is 0 Å². The smallest absolute Gasteiger partial charge is 0.319 e. The first-order chi connectivity index (χ1) is 9.48. The Morgan fingerprint density at radius 1 is 1.30 bits per heavy atom. The average molecular weight is 279 g/mol. The van der Waals surface area contributed by atoms with E-state index < -0.39 is 5.41 Å².